The van der Waals surface area contributed by atoms with Crippen LogP contribution in [0.1, 0.15) is 16.0 Å². The lowest BCUT2D eigenvalue weighted by Crippen LogP contribution is -2.22. The van der Waals surface area contributed by atoms with Gasteiger partial charge in [0.15, 0.2) is 5.16 Å². The number of thioether (sulfide) groups is 1. The standard InChI is InChI=1S/C21H18N2O4S2/c1-4-7-23-20(26)18-11(2)12(3)29-19(18)22-21(23)28-10-13-8-17(25)27-16-9-14(24)5-6-15(13)16/h4-6,8-9,24H,1,7,10H2,2-3H3. The smallest absolute Gasteiger partial charge is 0.336 e. The van der Waals surface area contributed by atoms with Gasteiger partial charge in [-0.15, -0.1) is 17.9 Å². The zero-order valence-electron chi connectivity index (χ0n) is 15.9. The van der Waals surface area contributed by atoms with Crippen LogP contribution in [0.3, 0.4) is 0 Å². The van der Waals surface area contributed by atoms with Crippen molar-refractivity contribution >= 4 is 44.3 Å². The second kappa shape index (κ2) is 7.53. The van der Waals surface area contributed by atoms with Crippen molar-refractivity contribution in [3.8, 4) is 5.75 Å². The number of benzene rings is 1. The van der Waals surface area contributed by atoms with E-state index in [9.17, 15) is 14.7 Å². The van der Waals surface area contributed by atoms with Crippen molar-refractivity contribution in [1.82, 2.24) is 9.55 Å². The van der Waals surface area contributed by atoms with Crippen molar-refractivity contribution in [2.24, 2.45) is 0 Å². The van der Waals surface area contributed by atoms with Crippen molar-refractivity contribution in [1.29, 1.82) is 0 Å². The largest absolute Gasteiger partial charge is 0.508 e. The average molecular weight is 427 g/mol. The van der Waals surface area contributed by atoms with E-state index in [0.29, 0.717) is 28.4 Å². The van der Waals surface area contributed by atoms with Gasteiger partial charge < -0.3 is 9.52 Å². The second-order valence-corrected chi connectivity index (χ2v) is 8.77. The molecule has 1 aromatic carbocycles. The highest BCUT2D eigenvalue weighted by Gasteiger charge is 2.17. The Bertz CT molecular complexity index is 1380. The molecule has 8 heteroatoms. The van der Waals surface area contributed by atoms with Crippen LogP contribution in [0, 0.1) is 13.8 Å². The van der Waals surface area contributed by atoms with E-state index in [0.717, 1.165) is 26.2 Å². The molecule has 0 bridgehead atoms. The fourth-order valence-electron chi connectivity index (χ4n) is 3.19. The first-order valence-electron chi connectivity index (χ1n) is 8.89. The lowest BCUT2D eigenvalue weighted by Gasteiger charge is -2.11. The number of fused-ring (bicyclic) bond motifs is 2. The van der Waals surface area contributed by atoms with Gasteiger partial charge in [0.2, 0.25) is 0 Å². The summed E-state index contributed by atoms with van der Waals surface area (Å²) >= 11 is 2.89. The molecule has 0 saturated carbocycles. The van der Waals surface area contributed by atoms with Crippen molar-refractivity contribution in [2.75, 3.05) is 0 Å². The van der Waals surface area contributed by atoms with Gasteiger partial charge in [0.25, 0.3) is 5.56 Å². The van der Waals surface area contributed by atoms with E-state index in [4.69, 9.17) is 9.40 Å². The number of phenols is 1. The van der Waals surface area contributed by atoms with Crippen LogP contribution in [-0.4, -0.2) is 14.7 Å². The molecule has 0 aliphatic rings. The molecule has 0 radical (unpaired) electrons. The quantitative estimate of drug-likeness (QED) is 0.221. The van der Waals surface area contributed by atoms with E-state index in [-0.39, 0.29) is 11.3 Å². The first-order chi connectivity index (χ1) is 13.9. The maximum absolute atomic E-state index is 13.1. The van der Waals surface area contributed by atoms with Crippen LogP contribution in [0.5, 0.6) is 5.75 Å². The van der Waals surface area contributed by atoms with Crippen molar-refractivity contribution in [2.45, 2.75) is 31.3 Å². The number of phenolic OH excluding ortho intramolecular Hbond substituents is 1. The molecule has 0 aliphatic heterocycles. The van der Waals surface area contributed by atoms with Gasteiger partial charge in [-0.05, 0) is 37.1 Å². The number of thiophene rings is 1. The number of aryl methyl sites for hydroxylation is 2. The van der Waals surface area contributed by atoms with Gasteiger partial charge in [-0.3, -0.25) is 9.36 Å². The minimum absolute atomic E-state index is 0.0285. The molecule has 0 aliphatic carbocycles. The number of rotatable bonds is 5. The van der Waals surface area contributed by atoms with Crippen LogP contribution in [0.25, 0.3) is 21.2 Å². The summed E-state index contributed by atoms with van der Waals surface area (Å²) in [4.78, 5) is 31.5. The Morgan fingerprint density at radius 3 is 2.86 bits per heavy atom. The third-order valence-corrected chi connectivity index (χ3v) is 6.86. The van der Waals surface area contributed by atoms with Gasteiger partial charge in [-0.25, -0.2) is 9.78 Å². The predicted octanol–water partition coefficient (Wildman–Crippen LogP) is 4.37. The first-order valence-corrected chi connectivity index (χ1v) is 10.7. The lowest BCUT2D eigenvalue weighted by molar-refractivity contribution is 0.473. The van der Waals surface area contributed by atoms with Gasteiger partial charge in [-0.2, -0.15) is 0 Å². The molecule has 29 heavy (non-hydrogen) atoms. The minimum atomic E-state index is -0.491. The van der Waals surface area contributed by atoms with Crippen LogP contribution >= 0.6 is 23.1 Å². The van der Waals surface area contributed by atoms with Crippen molar-refractivity contribution < 1.29 is 9.52 Å². The number of aromatic nitrogens is 2. The van der Waals surface area contributed by atoms with Gasteiger partial charge in [0.1, 0.15) is 16.2 Å². The summed E-state index contributed by atoms with van der Waals surface area (Å²) in [5, 5.41) is 11.6. The van der Waals surface area contributed by atoms with E-state index < -0.39 is 5.63 Å². The Balaban J connectivity index is 1.80. The molecule has 4 aromatic rings. The summed E-state index contributed by atoms with van der Waals surface area (Å²) in [5.74, 6) is 0.450. The van der Waals surface area contributed by atoms with E-state index >= 15 is 0 Å². The van der Waals surface area contributed by atoms with Gasteiger partial charge in [0, 0.05) is 34.7 Å². The Morgan fingerprint density at radius 2 is 2.10 bits per heavy atom. The molecule has 3 heterocycles. The monoisotopic (exact) mass is 426 g/mol. The van der Waals surface area contributed by atoms with Crippen LogP contribution in [0.2, 0.25) is 0 Å². The maximum atomic E-state index is 13.1. The van der Waals surface area contributed by atoms with E-state index in [1.165, 1.54) is 35.2 Å². The number of hydrogen-bond acceptors (Lipinski definition) is 7. The molecule has 0 amide bonds. The van der Waals surface area contributed by atoms with Crippen molar-refractivity contribution in [3.05, 3.63) is 73.7 Å². The molecule has 148 valence electrons. The van der Waals surface area contributed by atoms with E-state index in [2.05, 4.69) is 6.58 Å². The zero-order valence-corrected chi connectivity index (χ0v) is 17.5. The molecule has 6 nitrogen and oxygen atoms in total. The third-order valence-electron chi connectivity index (χ3n) is 4.74. The third kappa shape index (κ3) is 3.49. The number of aromatic hydroxyl groups is 1. The molecule has 0 fully saturated rings. The highest BCUT2D eigenvalue weighted by atomic mass is 32.2. The normalized spacial score (nSPS) is 11.4. The summed E-state index contributed by atoms with van der Waals surface area (Å²) < 4.78 is 6.79. The van der Waals surface area contributed by atoms with Crippen LogP contribution in [-0.2, 0) is 12.3 Å². The number of nitrogens with zero attached hydrogens (tertiary/aromatic N) is 2. The summed E-state index contributed by atoms with van der Waals surface area (Å²) in [6.45, 7) is 8.02. The topological polar surface area (TPSA) is 85.3 Å². The Kier molecular flexibility index (Phi) is 5.06. The van der Waals surface area contributed by atoms with Crippen LogP contribution in [0.15, 0.2) is 56.1 Å². The molecule has 0 atom stereocenters. The number of allylic oxidation sites excluding steroid dienone is 1. The van der Waals surface area contributed by atoms with E-state index in [1.807, 2.05) is 13.8 Å². The maximum Gasteiger partial charge on any atom is 0.336 e. The second-order valence-electron chi connectivity index (χ2n) is 6.62. The Morgan fingerprint density at radius 1 is 1.31 bits per heavy atom. The number of hydrogen-bond donors (Lipinski definition) is 1. The van der Waals surface area contributed by atoms with Crippen LogP contribution in [0.4, 0.5) is 0 Å². The van der Waals surface area contributed by atoms with E-state index in [1.54, 1.807) is 22.8 Å². The Labute approximate surface area is 174 Å². The minimum Gasteiger partial charge on any atom is -0.508 e. The average Bonchev–Trinajstić information content (AvgIpc) is 2.96. The van der Waals surface area contributed by atoms with Crippen molar-refractivity contribution in [3.63, 3.8) is 0 Å². The molecular formula is C21H18N2O4S2. The van der Waals surface area contributed by atoms with Gasteiger partial charge >= 0.3 is 5.63 Å². The summed E-state index contributed by atoms with van der Waals surface area (Å²) in [6.07, 6.45) is 1.67. The molecule has 0 spiro atoms. The van der Waals surface area contributed by atoms with Gasteiger partial charge in [-0.1, -0.05) is 17.8 Å². The molecule has 0 saturated heterocycles. The summed E-state index contributed by atoms with van der Waals surface area (Å²) in [5.41, 5.74) is 1.46. The molecule has 4 rings (SSSR count). The first kappa shape index (κ1) is 19.5. The molecular weight excluding hydrogens is 408 g/mol. The molecule has 3 aromatic heterocycles. The fraction of sp³-hybridized carbons (Fsp3) is 0.190. The fourth-order valence-corrected chi connectivity index (χ4v) is 5.26. The highest BCUT2D eigenvalue weighted by molar-refractivity contribution is 7.98. The Hall–Kier alpha value is -2.84. The highest BCUT2D eigenvalue weighted by Crippen LogP contribution is 2.31. The van der Waals surface area contributed by atoms with Crippen LogP contribution < -0.4 is 11.2 Å². The lowest BCUT2D eigenvalue weighted by atomic mass is 10.1. The molecule has 0 unspecified atom stereocenters. The summed E-state index contributed by atoms with van der Waals surface area (Å²) in [7, 11) is 0. The zero-order chi connectivity index (χ0) is 20.7. The van der Waals surface area contributed by atoms with Gasteiger partial charge in [0.05, 0.1) is 5.39 Å². The summed E-state index contributed by atoms with van der Waals surface area (Å²) in [6, 6.07) is 6.11. The molecule has 1 N–H and O–H groups in total. The predicted molar refractivity (Wildman–Crippen MR) is 117 cm³/mol. The SMILES string of the molecule is C=CCn1c(SCc2cc(=O)oc3cc(O)ccc23)nc2sc(C)c(C)c2c1=O.